The van der Waals surface area contributed by atoms with Crippen molar-refractivity contribution in [2.24, 2.45) is 0 Å². The standard InChI is InChI=1S/C8H8ClNOS/c9-8-5-2-1-3-10(5)7(11)4-6(8)12/h4,12H,1-3H2. The van der Waals surface area contributed by atoms with Crippen molar-refractivity contribution in [3.63, 3.8) is 0 Å². The van der Waals surface area contributed by atoms with E-state index < -0.39 is 0 Å². The lowest BCUT2D eigenvalue weighted by Crippen LogP contribution is -2.18. The van der Waals surface area contributed by atoms with Crippen LogP contribution in [-0.4, -0.2) is 4.57 Å². The van der Waals surface area contributed by atoms with Crippen molar-refractivity contribution >= 4 is 24.2 Å². The number of nitrogens with zero attached hydrogens (tertiary/aromatic N) is 1. The third-order valence-corrected chi connectivity index (χ3v) is 3.03. The van der Waals surface area contributed by atoms with Gasteiger partial charge in [0.05, 0.1) is 5.02 Å². The number of thiol groups is 1. The predicted octanol–water partition coefficient (Wildman–Crippen LogP) is 1.74. The Kier molecular flexibility index (Phi) is 1.93. The zero-order chi connectivity index (χ0) is 8.72. The van der Waals surface area contributed by atoms with Crippen LogP contribution in [0.4, 0.5) is 0 Å². The minimum absolute atomic E-state index is 0.0110. The number of hydrogen-bond donors (Lipinski definition) is 1. The molecular formula is C8H8ClNOS. The van der Waals surface area contributed by atoms with Crippen LogP contribution in [0.15, 0.2) is 15.8 Å². The molecule has 0 N–H and O–H groups in total. The molecule has 0 fully saturated rings. The maximum absolute atomic E-state index is 11.3. The van der Waals surface area contributed by atoms with Crippen molar-refractivity contribution < 1.29 is 0 Å². The fourth-order valence-corrected chi connectivity index (χ4v) is 2.04. The summed E-state index contributed by atoms with van der Waals surface area (Å²) in [6.45, 7) is 0.794. The molecule has 0 aliphatic carbocycles. The maximum Gasteiger partial charge on any atom is 0.251 e. The Hall–Kier alpha value is -0.410. The summed E-state index contributed by atoms with van der Waals surface area (Å²) >= 11 is 10.1. The molecule has 1 aromatic heterocycles. The van der Waals surface area contributed by atoms with Crippen LogP contribution in [0.3, 0.4) is 0 Å². The van der Waals surface area contributed by atoms with Crippen molar-refractivity contribution in [2.45, 2.75) is 24.3 Å². The van der Waals surface area contributed by atoms with E-state index in [1.165, 1.54) is 6.07 Å². The zero-order valence-corrected chi connectivity index (χ0v) is 8.03. The molecule has 0 unspecified atom stereocenters. The van der Waals surface area contributed by atoms with Gasteiger partial charge < -0.3 is 4.57 Å². The van der Waals surface area contributed by atoms with Crippen LogP contribution in [0.25, 0.3) is 0 Å². The van der Waals surface area contributed by atoms with Gasteiger partial charge in [-0.3, -0.25) is 4.79 Å². The molecule has 0 atom stereocenters. The van der Waals surface area contributed by atoms with Crippen molar-refractivity contribution in [3.05, 3.63) is 27.1 Å². The predicted molar refractivity (Wildman–Crippen MR) is 51.3 cm³/mol. The molecular weight excluding hydrogens is 194 g/mol. The molecule has 2 rings (SSSR count). The zero-order valence-electron chi connectivity index (χ0n) is 6.38. The first-order chi connectivity index (χ1) is 5.70. The smallest absolute Gasteiger partial charge is 0.251 e. The third kappa shape index (κ3) is 1.08. The van der Waals surface area contributed by atoms with E-state index in [4.69, 9.17) is 11.6 Å². The van der Waals surface area contributed by atoms with Gasteiger partial charge in [-0.1, -0.05) is 11.6 Å². The van der Waals surface area contributed by atoms with Gasteiger partial charge in [-0.2, -0.15) is 0 Å². The highest BCUT2D eigenvalue weighted by Gasteiger charge is 2.16. The lowest BCUT2D eigenvalue weighted by atomic mass is 10.3. The number of hydrogen-bond acceptors (Lipinski definition) is 2. The van der Waals surface area contributed by atoms with Crippen molar-refractivity contribution in [1.29, 1.82) is 0 Å². The molecule has 1 aliphatic rings. The Morgan fingerprint density at radius 1 is 1.58 bits per heavy atom. The molecule has 1 aliphatic heterocycles. The summed E-state index contributed by atoms with van der Waals surface area (Å²) in [6.07, 6.45) is 1.90. The van der Waals surface area contributed by atoms with Crippen LogP contribution in [0.1, 0.15) is 12.1 Å². The Morgan fingerprint density at radius 3 is 3.08 bits per heavy atom. The van der Waals surface area contributed by atoms with Crippen LogP contribution in [-0.2, 0) is 13.0 Å². The number of pyridine rings is 1. The molecule has 0 radical (unpaired) electrons. The minimum atomic E-state index is 0.0110. The van der Waals surface area contributed by atoms with Gasteiger partial charge in [0.1, 0.15) is 0 Å². The molecule has 1 aromatic rings. The molecule has 2 nitrogen and oxygen atoms in total. The Labute approximate surface area is 80.6 Å². The van der Waals surface area contributed by atoms with Gasteiger partial charge in [-0.25, -0.2) is 0 Å². The molecule has 12 heavy (non-hydrogen) atoms. The third-order valence-electron chi connectivity index (χ3n) is 2.13. The lowest BCUT2D eigenvalue weighted by molar-refractivity contribution is 0.718. The highest BCUT2D eigenvalue weighted by molar-refractivity contribution is 7.80. The van der Waals surface area contributed by atoms with E-state index in [1.54, 1.807) is 4.57 Å². The summed E-state index contributed by atoms with van der Waals surface area (Å²) < 4.78 is 1.72. The number of halogens is 1. The average Bonchev–Trinajstić information content (AvgIpc) is 2.48. The van der Waals surface area contributed by atoms with E-state index in [2.05, 4.69) is 12.6 Å². The molecule has 2 heterocycles. The topological polar surface area (TPSA) is 22.0 Å². The first kappa shape index (κ1) is 8.20. The summed E-state index contributed by atoms with van der Waals surface area (Å²) in [6, 6.07) is 1.47. The summed E-state index contributed by atoms with van der Waals surface area (Å²) in [5.74, 6) is 0. The van der Waals surface area contributed by atoms with E-state index in [0.717, 1.165) is 25.1 Å². The SMILES string of the molecule is O=c1cc(S)c(Cl)c2n1CCC2. The molecule has 0 amide bonds. The van der Waals surface area contributed by atoms with Gasteiger partial charge in [-0.15, -0.1) is 12.6 Å². The van der Waals surface area contributed by atoms with Crippen molar-refractivity contribution in [2.75, 3.05) is 0 Å². The van der Waals surface area contributed by atoms with Crippen LogP contribution in [0, 0.1) is 0 Å². The fourth-order valence-electron chi connectivity index (χ4n) is 1.55. The summed E-state index contributed by atoms with van der Waals surface area (Å²) in [7, 11) is 0. The van der Waals surface area contributed by atoms with Gasteiger partial charge in [-0.05, 0) is 12.8 Å². The lowest BCUT2D eigenvalue weighted by Gasteiger charge is -2.05. The quantitative estimate of drug-likeness (QED) is 0.635. The van der Waals surface area contributed by atoms with Gasteiger partial charge in [0.15, 0.2) is 0 Å². The molecule has 4 heteroatoms. The Balaban J connectivity index is 2.78. The van der Waals surface area contributed by atoms with Gasteiger partial charge in [0.2, 0.25) is 0 Å². The van der Waals surface area contributed by atoms with Crippen molar-refractivity contribution in [3.8, 4) is 0 Å². The summed E-state index contributed by atoms with van der Waals surface area (Å²) in [5, 5.41) is 0.635. The Morgan fingerprint density at radius 2 is 2.33 bits per heavy atom. The van der Waals surface area contributed by atoms with E-state index in [9.17, 15) is 4.79 Å². The fraction of sp³-hybridized carbons (Fsp3) is 0.375. The number of aromatic nitrogens is 1. The first-order valence-corrected chi connectivity index (χ1v) is 4.64. The van der Waals surface area contributed by atoms with E-state index in [1.807, 2.05) is 0 Å². The first-order valence-electron chi connectivity index (χ1n) is 3.81. The van der Waals surface area contributed by atoms with E-state index in [0.29, 0.717) is 9.92 Å². The van der Waals surface area contributed by atoms with Gasteiger partial charge in [0, 0.05) is 23.2 Å². The van der Waals surface area contributed by atoms with Crippen LogP contribution in [0.2, 0.25) is 5.02 Å². The normalized spacial score (nSPS) is 14.8. The second kappa shape index (κ2) is 2.82. The summed E-state index contributed by atoms with van der Waals surface area (Å²) in [4.78, 5) is 11.9. The van der Waals surface area contributed by atoms with E-state index >= 15 is 0 Å². The molecule has 64 valence electrons. The van der Waals surface area contributed by atoms with Crippen LogP contribution < -0.4 is 5.56 Å². The van der Waals surface area contributed by atoms with Gasteiger partial charge in [0.25, 0.3) is 5.56 Å². The van der Waals surface area contributed by atoms with Gasteiger partial charge >= 0.3 is 0 Å². The molecule has 0 aromatic carbocycles. The van der Waals surface area contributed by atoms with Crippen LogP contribution in [0.5, 0.6) is 0 Å². The molecule has 0 spiro atoms. The summed E-state index contributed by atoms with van der Waals surface area (Å²) in [5.41, 5.74) is 0.950. The highest BCUT2D eigenvalue weighted by atomic mass is 35.5. The maximum atomic E-state index is 11.3. The molecule has 0 saturated carbocycles. The Bertz CT molecular complexity index is 385. The van der Waals surface area contributed by atoms with Crippen molar-refractivity contribution in [1.82, 2.24) is 4.57 Å². The molecule has 0 saturated heterocycles. The second-order valence-electron chi connectivity index (χ2n) is 2.88. The second-order valence-corrected chi connectivity index (χ2v) is 3.74. The number of fused-ring (bicyclic) bond motifs is 1. The highest BCUT2D eigenvalue weighted by Crippen LogP contribution is 2.26. The van der Waals surface area contributed by atoms with Crippen LogP contribution >= 0.6 is 24.2 Å². The monoisotopic (exact) mass is 201 g/mol. The average molecular weight is 202 g/mol. The minimum Gasteiger partial charge on any atom is -0.311 e. The largest absolute Gasteiger partial charge is 0.311 e. The number of rotatable bonds is 0. The van der Waals surface area contributed by atoms with E-state index in [-0.39, 0.29) is 5.56 Å². The molecule has 0 bridgehead atoms.